The van der Waals surface area contributed by atoms with Gasteiger partial charge >= 0.3 is 6.09 Å². The highest BCUT2D eigenvalue weighted by atomic mass is 16.5. The molecule has 0 bridgehead atoms. The Hall–Kier alpha value is -2.73. The standard InChI is InChI=1S/C23H23NO2/c1-2-23(14-8-3-9-15-23)24-22(25)26-16-21-19-12-6-4-10-17(19)18-11-5-7-13-20(18)21/h1,4-7,10-13,21H,3,8-9,14-16H2,(H,24,25). The fraction of sp³-hybridized carbons (Fsp3) is 0.348. The van der Waals surface area contributed by atoms with Crippen molar-refractivity contribution in [3.63, 3.8) is 0 Å². The van der Waals surface area contributed by atoms with Crippen molar-refractivity contribution in [2.75, 3.05) is 6.61 Å². The molecule has 2 aromatic rings. The van der Waals surface area contributed by atoms with E-state index in [0.717, 1.165) is 25.7 Å². The number of fused-ring (bicyclic) bond motifs is 3. The highest BCUT2D eigenvalue weighted by Gasteiger charge is 2.33. The molecule has 2 aliphatic carbocycles. The Kier molecular flexibility index (Phi) is 4.42. The van der Waals surface area contributed by atoms with Gasteiger partial charge in [-0.05, 0) is 35.1 Å². The van der Waals surface area contributed by atoms with Crippen LogP contribution < -0.4 is 5.32 Å². The van der Waals surface area contributed by atoms with Crippen LogP contribution >= 0.6 is 0 Å². The van der Waals surface area contributed by atoms with Crippen molar-refractivity contribution in [3.8, 4) is 23.5 Å². The summed E-state index contributed by atoms with van der Waals surface area (Å²) in [6.07, 6.45) is 10.2. The van der Waals surface area contributed by atoms with E-state index in [-0.39, 0.29) is 5.92 Å². The molecule has 0 unspecified atom stereocenters. The Bertz CT molecular complexity index is 813. The number of ether oxygens (including phenoxy) is 1. The number of terminal acetylenes is 1. The molecule has 1 amide bonds. The van der Waals surface area contributed by atoms with Gasteiger partial charge in [-0.1, -0.05) is 73.7 Å². The van der Waals surface area contributed by atoms with Gasteiger partial charge in [0.05, 0.1) is 0 Å². The molecule has 0 atom stereocenters. The number of alkyl carbamates (subject to hydrolysis) is 1. The third-order valence-electron chi connectivity index (χ3n) is 5.67. The van der Waals surface area contributed by atoms with Crippen LogP contribution in [0.3, 0.4) is 0 Å². The number of rotatable bonds is 3. The quantitative estimate of drug-likeness (QED) is 0.807. The molecule has 4 rings (SSSR count). The molecule has 26 heavy (non-hydrogen) atoms. The molecule has 0 spiro atoms. The van der Waals surface area contributed by atoms with Gasteiger partial charge in [0.2, 0.25) is 0 Å². The molecule has 1 fully saturated rings. The van der Waals surface area contributed by atoms with Gasteiger partial charge in [-0.3, -0.25) is 0 Å². The van der Waals surface area contributed by atoms with Crippen molar-refractivity contribution in [1.82, 2.24) is 5.32 Å². The molecule has 0 radical (unpaired) electrons. The fourth-order valence-corrected chi connectivity index (χ4v) is 4.29. The summed E-state index contributed by atoms with van der Waals surface area (Å²) < 4.78 is 5.62. The van der Waals surface area contributed by atoms with Gasteiger partial charge in [0.1, 0.15) is 12.1 Å². The molecule has 1 N–H and O–H groups in total. The van der Waals surface area contributed by atoms with E-state index in [1.807, 2.05) is 24.3 Å². The summed E-state index contributed by atoms with van der Waals surface area (Å²) in [7, 11) is 0. The minimum absolute atomic E-state index is 0.0706. The van der Waals surface area contributed by atoms with Gasteiger partial charge in [0.15, 0.2) is 0 Å². The van der Waals surface area contributed by atoms with Crippen LogP contribution in [0.25, 0.3) is 11.1 Å². The number of hydrogen-bond acceptors (Lipinski definition) is 2. The second kappa shape index (κ2) is 6.88. The Balaban J connectivity index is 1.48. The van der Waals surface area contributed by atoms with Gasteiger partial charge in [-0.25, -0.2) is 4.79 Å². The first kappa shape index (κ1) is 16.7. The maximum atomic E-state index is 12.4. The molecular weight excluding hydrogens is 322 g/mol. The lowest BCUT2D eigenvalue weighted by atomic mass is 9.82. The largest absolute Gasteiger partial charge is 0.449 e. The maximum absolute atomic E-state index is 12.4. The number of amides is 1. The summed E-state index contributed by atoms with van der Waals surface area (Å²) in [5, 5.41) is 2.96. The molecule has 0 heterocycles. The number of hydrogen-bond donors (Lipinski definition) is 1. The molecule has 3 nitrogen and oxygen atoms in total. The van der Waals surface area contributed by atoms with Crippen molar-refractivity contribution in [3.05, 3.63) is 59.7 Å². The first-order chi connectivity index (χ1) is 12.7. The smallest absolute Gasteiger partial charge is 0.408 e. The monoisotopic (exact) mass is 345 g/mol. The van der Waals surface area contributed by atoms with E-state index in [9.17, 15) is 4.79 Å². The highest BCUT2D eigenvalue weighted by molar-refractivity contribution is 5.79. The highest BCUT2D eigenvalue weighted by Crippen LogP contribution is 2.44. The van der Waals surface area contributed by atoms with E-state index in [1.165, 1.54) is 28.7 Å². The fourth-order valence-electron chi connectivity index (χ4n) is 4.29. The molecule has 132 valence electrons. The van der Waals surface area contributed by atoms with Gasteiger partial charge < -0.3 is 10.1 Å². The molecule has 1 saturated carbocycles. The summed E-state index contributed by atoms with van der Waals surface area (Å²) in [6, 6.07) is 16.7. The SMILES string of the molecule is C#CC1(NC(=O)OCC2c3ccccc3-c3ccccc32)CCCCC1. The van der Waals surface area contributed by atoms with Crippen LogP contribution in [0.15, 0.2) is 48.5 Å². The second-order valence-corrected chi connectivity index (χ2v) is 7.24. The average Bonchev–Trinajstić information content (AvgIpc) is 3.01. The lowest BCUT2D eigenvalue weighted by molar-refractivity contribution is 0.130. The summed E-state index contributed by atoms with van der Waals surface area (Å²) in [6.45, 7) is 0.320. The Morgan fingerprint density at radius 2 is 1.62 bits per heavy atom. The van der Waals surface area contributed by atoms with E-state index >= 15 is 0 Å². The normalized spacial score (nSPS) is 17.7. The molecule has 3 heteroatoms. The van der Waals surface area contributed by atoms with Crippen LogP contribution in [0.1, 0.15) is 49.1 Å². The molecule has 0 aromatic heterocycles. The average molecular weight is 345 g/mol. The van der Waals surface area contributed by atoms with Crippen LogP contribution in [0.4, 0.5) is 4.79 Å². The van der Waals surface area contributed by atoms with E-state index in [2.05, 4.69) is 35.5 Å². The van der Waals surface area contributed by atoms with Crippen LogP contribution in [0.2, 0.25) is 0 Å². The van der Waals surface area contributed by atoms with Gasteiger partial charge in [-0.2, -0.15) is 0 Å². The molecule has 2 aliphatic rings. The Morgan fingerprint density at radius 1 is 1.04 bits per heavy atom. The minimum atomic E-state index is -0.541. The van der Waals surface area contributed by atoms with Crippen LogP contribution in [-0.2, 0) is 4.74 Å². The first-order valence-corrected chi connectivity index (χ1v) is 9.33. The maximum Gasteiger partial charge on any atom is 0.408 e. The molecular formula is C23H23NO2. The van der Waals surface area contributed by atoms with Crippen molar-refractivity contribution in [2.45, 2.75) is 43.6 Å². The molecule has 0 saturated heterocycles. The zero-order chi connectivity index (χ0) is 18.0. The van der Waals surface area contributed by atoms with E-state index in [1.54, 1.807) is 0 Å². The van der Waals surface area contributed by atoms with Crippen molar-refractivity contribution in [1.29, 1.82) is 0 Å². The van der Waals surface area contributed by atoms with Gasteiger partial charge in [0, 0.05) is 5.92 Å². The Labute approximate surface area is 154 Å². The minimum Gasteiger partial charge on any atom is -0.449 e. The third-order valence-corrected chi connectivity index (χ3v) is 5.67. The predicted molar refractivity (Wildman–Crippen MR) is 103 cm³/mol. The first-order valence-electron chi connectivity index (χ1n) is 9.33. The number of nitrogens with one attached hydrogen (secondary N) is 1. The summed E-state index contributed by atoms with van der Waals surface area (Å²) in [5.41, 5.74) is 4.34. The topological polar surface area (TPSA) is 38.3 Å². The van der Waals surface area contributed by atoms with Gasteiger partial charge in [-0.15, -0.1) is 6.42 Å². The number of benzene rings is 2. The van der Waals surface area contributed by atoms with E-state index < -0.39 is 11.6 Å². The summed E-state index contributed by atoms with van der Waals surface area (Å²) in [4.78, 5) is 12.4. The molecule has 0 aliphatic heterocycles. The lowest BCUT2D eigenvalue weighted by Crippen LogP contribution is -2.49. The zero-order valence-electron chi connectivity index (χ0n) is 14.8. The molecule has 2 aromatic carbocycles. The zero-order valence-corrected chi connectivity index (χ0v) is 14.8. The van der Waals surface area contributed by atoms with Crippen LogP contribution in [0, 0.1) is 12.3 Å². The van der Waals surface area contributed by atoms with Gasteiger partial charge in [0.25, 0.3) is 0 Å². The third kappa shape index (κ3) is 2.97. The van der Waals surface area contributed by atoms with Crippen LogP contribution in [-0.4, -0.2) is 18.2 Å². The summed E-state index contributed by atoms with van der Waals surface area (Å²) in [5.74, 6) is 2.87. The Morgan fingerprint density at radius 3 is 2.19 bits per heavy atom. The second-order valence-electron chi connectivity index (χ2n) is 7.24. The van der Waals surface area contributed by atoms with Crippen molar-refractivity contribution in [2.24, 2.45) is 0 Å². The number of carbonyl (C=O) groups is 1. The summed E-state index contributed by atoms with van der Waals surface area (Å²) >= 11 is 0. The number of carbonyl (C=O) groups excluding carboxylic acids is 1. The predicted octanol–water partition coefficient (Wildman–Crippen LogP) is 4.86. The van der Waals surface area contributed by atoms with E-state index in [4.69, 9.17) is 11.2 Å². The van der Waals surface area contributed by atoms with Crippen molar-refractivity contribution < 1.29 is 9.53 Å². The van der Waals surface area contributed by atoms with Crippen LogP contribution in [0.5, 0.6) is 0 Å². The lowest BCUT2D eigenvalue weighted by Gasteiger charge is -2.33. The van der Waals surface area contributed by atoms with E-state index in [0.29, 0.717) is 6.61 Å². The van der Waals surface area contributed by atoms with Crippen molar-refractivity contribution >= 4 is 6.09 Å².